The summed E-state index contributed by atoms with van der Waals surface area (Å²) in [5.74, 6) is -11.2. The number of hydrogen-bond acceptors (Lipinski definition) is 9. The van der Waals surface area contributed by atoms with E-state index in [9.17, 15) is 39.0 Å². The number of aliphatic hydroxyl groups is 2. The smallest absolute Gasteiger partial charge is 0.336 e. The van der Waals surface area contributed by atoms with Gasteiger partial charge in [-0.1, -0.05) is 0 Å². The van der Waals surface area contributed by atoms with Gasteiger partial charge in [-0.3, -0.25) is 19.2 Å². The van der Waals surface area contributed by atoms with Crippen molar-refractivity contribution >= 4 is 35.8 Å². The van der Waals surface area contributed by atoms with E-state index < -0.39 is 72.7 Å². The Balaban J connectivity index is -0.000000288. The zero-order valence-electron chi connectivity index (χ0n) is 15.3. The van der Waals surface area contributed by atoms with E-state index in [1.54, 1.807) is 0 Å². The summed E-state index contributed by atoms with van der Waals surface area (Å²) in [7, 11) is 0. The molecule has 0 radical (unpaired) electrons. The summed E-state index contributed by atoms with van der Waals surface area (Å²) < 4.78 is 3.99. The van der Waals surface area contributed by atoms with Crippen LogP contribution in [0, 0.1) is 0 Å². The second kappa shape index (κ2) is 16.8. The van der Waals surface area contributed by atoms with Crippen LogP contribution in [0.25, 0.3) is 0 Å². The number of aliphatic carboxylic acids is 4. The number of ether oxygens (including phenoxy) is 1. The van der Waals surface area contributed by atoms with Crippen LogP contribution in [-0.2, 0) is 72.5 Å². The second-order valence-electron chi connectivity index (χ2n) is 5.01. The van der Waals surface area contributed by atoms with Crippen LogP contribution in [0.1, 0.15) is 25.7 Å². The molecule has 0 aliphatic carbocycles. The maximum atomic E-state index is 11.4. The molecule has 0 saturated carbocycles. The third-order valence-electron chi connectivity index (χ3n) is 2.78. The summed E-state index contributed by atoms with van der Waals surface area (Å²) in [5, 5.41) is 53.6. The van der Waals surface area contributed by atoms with E-state index in [1.165, 1.54) is 0 Å². The quantitative estimate of drug-likeness (QED) is 0.0842. The van der Waals surface area contributed by atoms with Gasteiger partial charge in [-0.15, -0.1) is 0 Å². The van der Waals surface area contributed by atoms with Crippen molar-refractivity contribution in [3.8, 4) is 0 Å². The Morgan fingerprint density at radius 1 is 0.567 bits per heavy atom. The van der Waals surface area contributed by atoms with Crippen LogP contribution in [-0.4, -0.2) is 94.1 Å². The molecule has 0 aliphatic rings. The van der Waals surface area contributed by atoms with E-state index in [0.717, 1.165) is 0 Å². The van der Waals surface area contributed by atoms with E-state index in [2.05, 4.69) is 4.74 Å². The SMILES string of the molecule is O.O.O.O=C(O)CC(O)(CC(=O)OC(=O)CC(O)(CC(=O)O)C(=O)O)C(=O)O.[Zn].[Zn]. The van der Waals surface area contributed by atoms with Crippen molar-refractivity contribution in [1.82, 2.24) is 0 Å². The molecule has 0 saturated heterocycles. The molecule has 18 heteroatoms. The molecule has 2 unspecified atom stereocenters. The first kappa shape index (κ1) is 42.2. The first-order valence-corrected chi connectivity index (χ1v) is 6.30. The maximum absolute atomic E-state index is 11.4. The predicted octanol–water partition coefficient (Wildman–Crippen LogP) is -5.06. The minimum absolute atomic E-state index is 0. The van der Waals surface area contributed by atoms with Crippen molar-refractivity contribution in [3.05, 3.63) is 0 Å². The van der Waals surface area contributed by atoms with Crippen molar-refractivity contribution in [1.29, 1.82) is 0 Å². The van der Waals surface area contributed by atoms with Crippen LogP contribution in [0.3, 0.4) is 0 Å². The Bertz CT molecular complexity index is 569. The molecule has 0 spiro atoms. The van der Waals surface area contributed by atoms with E-state index in [-0.39, 0.29) is 55.4 Å². The zero-order chi connectivity index (χ0) is 20.0. The van der Waals surface area contributed by atoms with Crippen molar-refractivity contribution in [2.45, 2.75) is 36.9 Å². The summed E-state index contributed by atoms with van der Waals surface area (Å²) in [5.41, 5.74) is -6.18. The minimum atomic E-state index is -3.09. The van der Waals surface area contributed by atoms with Crippen molar-refractivity contribution in [2.75, 3.05) is 0 Å². The van der Waals surface area contributed by atoms with Gasteiger partial charge in [0, 0.05) is 39.0 Å². The molecule has 16 nitrogen and oxygen atoms in total. The van der Waals surface area contributed by atoms with Crippen molar-refractivity contribution < 1.29 is 120 Å². The Hall–Kier alpha value is -1.93. The first-order valence-electron chi connectivity index (χ1n) is 6.30. The number of carbonyl (C=O) groups excluding carboxylic acids is 2. The van der Waals surface area contributed by atoms with Crippen LogP contribution in [0.5, 0.6) is 0 Å². The zero-order valence-corrected chi connectivity index (χ0v) is 21.2. The molecule has 0 fully saturated rings. The van der Waals surface area contributed by atoms with Crippen molar-refractivity contribution in [3.63, 3.8) is 0 Å². The fourth-order valence-corrected chi connectivity index (χ4v) is 1.60. The summed E-state index contributed by atoms with van der Waals surface area (Å²) in [6.45, 7) is 0. The number of esters is 2. The van der Waals surface area contributed by atoms with Gasteiger partial charge in [0.1, 0.15) is 0 Å². The molecular formula is C12H20O16Zn2. The fraction of sp³-hybridized carbons (Fsp3) is 0.500. The van der Waals surface area contributed by atoms with Gasteiger partial charge in [-0.2, -0.15) is 0 Å². The monoisotopic (exact) mass is 548 g/mol. The van der Waals surface area contributed by atoms with Gasteiger partial charge in [0.05, 0.1) is 25.7 Å². The summed E-state index contributed by atoms with van der Waals surface area (Å²) in [4.78, 5) is 65.5. The molecule has 0 heterocycles. The Kier molecular flexibility index (Phi) is 23.7. The Morgan fingerprint density at radius 2 is 0.800 bits per heavy atom. The molecule has 0 aromatic rings. The van der Waals surface area contributed by atoms with Gasteiger partial charge in [-0.05, 0) is 0 Å². The summed E-state index contributed by atoms with van der Waals surface area (Å²) >= 11 is 0. The van der Waals surface area contributed by atoms with E-state index in [0.29, 0.717) is 0 Å². The van der Waals surface area contributed by atoms with Crippen LogP contribution < -0.4 is 0 Å². The third-order valence-corrected chi connectivity index (χ3v) is 2.78. The fourth-order valence-electron chi connectivity index (χ4n) is 1.60. The molecule has 0 aliphatic heterocycles. The first-order chi connectivity index (χ1) is 11.2. The van der Waals surface area contributed by atoms with Gasteiger partial charge < -0.3 is 51.8 Å². The largest absolute Gasteiger partial charge is 0.481 e. The van der Waals surface area contributed by atoms with Crippen LogP contribution in [0.15, 0.2) is 0 Å². The maximum Gasteiger partial charge on any atom is 0.336 e. The second-order valence-corrected chi connectivity index (χ2v) is 5.01. The summed E-state index contributed by atoms with van der Waals surface area (Å²) in [6, 6.07) is 0. The molecule has 0 bridgehead atoms. The van der Waals surface area contributed by atoms with Crippen LogP contribution in [0.4, 0.5) is 0 Å². The molecule has 30 heavy (non-hydrogen) atoms. The van der Waals surface area contributed by atoms with Gasteiger partial charge in [-0.25, -0.2) is 9.59 Å². The molecular weight excluding hydrogens is 531 g/mol. The number of hydrogen-bond donors (Lipinski definition) is 6. The van der Waals surface area contributed by atoms with Crippen molar-refractivity contribution in [2.24, 2.45) is 0 Å². The Morgan fingerprint density at radius 3 is 0.967 bits per heavy atom. The predicted molar refractivity (Wildman–Crippen MR) is 80.9 cm³/mol. The average molecular weight is 551 g/mol. The average Bonchev–Trinajstić information content (AvgIpc) is 2.34. The molecule has 0 aromatic heterocycles. The molecule has 2 atom stereocenters. The molecule has 12 N–H and O–H groups in total. The number of carbonyl (C=O) groups is 6. The molecule has 0 rings (SSSR count). The standard InChI is InChI=1S/C12H14O13.3H2O.2Zn/c13-5(14)1-11(23,9(19)20)3-7(17)25-8(18)4-12(24,10(21)22)2-6(15)16;;;;;/h23-24H,1-4H2,(H,13,14)(H,15,16)(H,19,20)(H,21,22);3*1H2;;. The van der Waals surface area contributed by atoms with Gasteiger partial charge in [0.15, 0.2) is 11.2 Å². The number of rotatable bonds is 10. The molecule has 0 aromatic carbocycles. The van der Waals surface area contributed by atoms with E-state index in [1.807, 2.05) is 0 Å². The minimum Gasteiger partial charge on any atom is -0.481 e. The van der Waals surface area contributed by atoms with Gasteiger partial charge in [0.2, 0.25) is 0 Å². The normalized spacial score (nSPS) is 12.7. The van der Waals surface area contributed by atoms with E-state index >= 15 is 0 Å². The molecule has 168 valence electrons. The third kappa shape index (κ3) is 14.1. The number of carboxylic acids is 4. The summed E-state index contributed by atoms with van der Waals surface area (Å²) in [6.07, 6.45) is -5.73. The number of carboxylic acid groups (broad SMARTS) is 4. The van der Waals surface area contributed by atoms with Gasteiger partial charge >= 0.3 is 35.8 Å². The molecule has 0 amide bonds. The Labute approximate surface area is 192 Å². The van der Waals surface area contributed by atoms with E-state index in [4.69, 9.17) is 20.4 Å². The van der Waals surface area contributed by atoms with Gasteiger partial charge in [0.25, 0.3) is 0 Å². The van der Waals surface area contributed by atoms with Crippen LogP contribution in [0.2, 0.25) is 0 Å². The topological polar surface area (TPSA) is 328 Å². The van der Waals surface area contributed by atoms with Crippen LogP contribution >= 0.6 is 0 Å².